The van der Waals surface area contributed by atoms with E-state index in [2.05, 4.69) is 14.8 Å². The van der Waals surface area contributed by atoms with Crippen LogP contribution in [0.5, 0.6) is 5.75 Å². The zero-order valence-corrected chi connectivity index (χ0v) is 6.52. The van der Waals surface area contributed by atoms with Crippen molar-refractivity contribution in [3.05, 3.63) is 30.3 Å². The third-order valence-electron chi connectivity index (χ3n) is 1.02. The molecule has 0 aliphatic heterocycles. The zero-order chi connectivity index (χ0) is 8.81. The van der Waals surface area contributed by atoms with Crippen LogP contribution >= 0.6 is 0 Å². The van der Waals surface area contributed by atoms with Gasteiger partial charge in [-0.15, -0.1) is 0 Å². The van der Waals surface area contributed by atoms with Gasteiger partial charge in [-0.05, 0) is 12.1 Å². The molecule has 0 unspecified atom stereocenters. The fourth-order valence-electron chi connectivity index (χ4n) is 0.580. The molecule has 0 aliphatic carbocycles. The van der Waals surface area contributed by atoms with Crippen LogP contribution in [0.4, 0.5) is 0 Å². The lowest BCUT2D eigenvalue weighted by molar-refractivity contribution is -0.436. The molecular formula is C8H8O4. The van der Waals surface area contributed by atoms with E-state index in [4.69, 9.17) is 0 Å². The van der Waals surface area contributed by atoms with E-state index in [1.807, 2.05) is 6.07 Å². The summed E-state index contributed by atoms with van der Waals surface area (Å²) in [6.45, 7) is 1.22. The molecule has 4 nitrogen and oxygen atoms in total. The summed E-state index contributed by atoms with van der Waals surface area (Å²) in [5.74, 6) is -0.0929. The summed E-state index contributed by atoms with van der Waals surface area (Å²) in [6, 6.07) is 8.71. The maximum atomic E-state index is 10.2. The third-order valence-corrected chi connectivity index (χ3v) is 1.02. The van der Waals surface area contributed by atoms with Crippen LogP contribution in [0.1, 0.15) is 6.92 Å². The molecule has 0 N–H and O–H groups in total. The molecule has 12 heavy (non-hydrogen) atoms. The average Bonchev–Trinajstić information content (AvgIpc) is 2.05. The number of hydrogen-bond donors (Lipinski definition) is 0. The Hall–Kier alpha value is -1.55. The highest BCUT2D eigenvalue weighted by Crippen LogP contribution is 2.08. The molecule has 0 radical (unpaired) electrons. The van der Waals surface area contributed by atoms with Crippen LogP contribution in [0, 0.1) is 0 Å². The minimum Gasteiger partial charge on any atom is -0.299 e. The number of hydrogen-bond acceptors (Lipinski definition) is 4. The van der Waals surface area contributed by atoms with Gasteiger partial charge in [0.25, 0.3) is 0 Å². The molecule has 1 aromatic carbocycles. The van der Waals surface area contributed by atoms with Gasteiger partial charge in [0.1, 0.15) is 0 Å². The smallest absolute Gasteiger partial charge is 0.299 e. The van der Waals surface area contributed by atoms with Crippen molar-refractivity contribution in [2.75, 3.05) is 0 Å². The molecule has 64 valence electrons. The highest BCUT2D eigenvalue weighted by atomic mass is 17.5. The molecule has 4 heteroatoms. The van der Waals surface area contributed by atoms with Gasteiger partial charge in [0.15, 0.2) is 5.75 Å². The molecule has 0 aromatic heterocycles. The molecule has 1 aromatic rings. The van der Waals surface area contributed by atoms with Crippen LogP contribution < -0.4 is 4.89 Å². The first-order chi connectivity index (χ1) is 5.79. The van der Waals surface area contributed by atoms with Crippen molar-refractivity contribution in [2.45, 2.75) is 6.92 Å². The van der Waals surface area contributed by atoms with Crippen molar-refractivity contribution in [3.8, 4) is 5.75 Å². The number of carbonyl (C=O) groups excluding carboxylic acids is 1. The summed E-state index contributed by atoms with van der Waals surface area (Å²) in [7, 11) is 0. The second-order valence-electron chi connectivity index (χ2n) is 2.04. The predicted molar refractivity (Wildman–Crippen MR) is 39.9 cm³/mol. The van der Waals surface area contributed by atoms with Crippen molar-refractivity contribution in [1.29, 1.82) is 0 Å². The predicted octanol–water partition coefficient (Wildman–Crippen LogP) is 1.48. The van der Waals surface area contributed by atoms with Crippen molar-refractivity contribution in [3.63, 3.8) is 0 Å². The normalized spacial score (nSPS) is 9.08. The van der Waals surface area contributed by atoms with Crippen molar-refractivity contribution in [2.24, 2.45) is 0 Å². The maximum absolute atomic E-state index is 10.2. The van der Waals surface area contributed by atoms with Gasteiger partial charge in [0.05, 0.1) is 0 Å². The van der Waals surface area contributed by atoms with Gasteiger partial charge in [0, 0.05) is 12.0 Å². The first kappa shape index (κ1) is 8.55. The lowest BCUT2D eigenvalue weighted by atomic mass is 10.3. The third kappa shape index (κ3) is 3.03. The standard InChI is InChI=1S/C8H8O4/c1-7(9)10-12-11-8-5-3-2-4-6-8/h2-6H,1H3. The number of rotatable bonds is 3. The quantitative estimate of drug-likeness (QED) is 0.506. The van der Waals surface area contributed by atoms with E-state index >= 15 is 0 Å². The van der Waals surface area contributed by atoms with Gasteiger partial charge in [-0.2, -0.15) is 0 Å². The minimum atomic E-state index is -0.564. The topological polar surface area (TPSA) is 44.8 Å². The number of benzene rings is 1. The van der Waals surface area contributed by atoms with E-state index in [1.165, 1.54) is 6.92 Å². The van der Waals surface area contributed by atoms with Crippen molar-refractivity contribution >= 4 is 5.97 Å². The van der Waals surface area contributed by atoms with Crippen LogP contribution in [0.3, 0.4) is 0 Å². The Labute approximate surface area is 69.5 Å². The summed E-state index contributed by atoms with van der Waals surface area (Å²) < 4.78 is 0. The van der Waals surface area contributed by atoms with Crippen LogP contribution in [-0.2, 0) is 14.7 Å². The Morgan fingerprint density at radius 2 is 1.92 bits per heavy atom. The molecule has 0 saturated heterocycles. The average molecular weight is 168 g/mol. The minimum absolute atomic E-state index is 0.471. The zero-order valence-electron chi connectivity index (χ0n) is 6.52. The molecule has 0 spiro atoms. The highest BCUT2D eigenvalue weighted by molar-refractivity contribution is 5.65. The van der Waals surface area contributed by atoms with Crippen LogP contribution in [-0.4, -0.2) is 5.97 Å². The summed E-state index contributed by atoms with van der Waals surface area (Å²) in [5, 5.41) is 4.13. The lowest BCUT2D eigenvalue weighted by Gasteiger charge is -1.99. The van der Waals surface area contributed by atoms with E-state index in [9.17, 15) is 4.79 Å². The molecule has 0 amide bonds. The second-order valence-corrected chi connectivity index (χ2v) is 2.04. The summed E-state index contributed by atoms with van der Waals surface area (Å²) >= 11 is 0. The first-order valence-corrected chi connectivity index (χ1v) is 3.36. The van der Waals surface area contributed by atoms with E-state index in [0.717, 1.165) is 0 Å². The Balaban J connectivity index is 2.29. The monoisotopic (exact) mass is 168 g/mol. The Morgan fingerprint density at radius 1 is 1.25 bits per heavy atom. The van der Waals surface area contributed by atoms with Gasteiger partial charge in [-0.3, -0.25) is 9.78 Å². The summed E-state index contributed by atoms with van der Waals surface area (Å²) in [4.78, 5) is 18.9. The molecular weight excluding hydrogens is 160 g/mol. The van der Waals surface area contributed by atoms with Gasteiger partial charge < -0.3 is 0 Å². The molecule has 0 saturated carbocycles. The van der Waals surface area contributed by atoms with Gasteiger partial charge >= 0.3 is 5.97 Å². The van der Waals surface area contributed by atoms with Crippen molar-refractivity contribution < 1.29 is 19.6 Å². The SMILES string of the molecule is CC(=O)OOOc1ccccc1. The Morgan fingerprint density at radius 3 is 2.50 bits per heavy atom. The summed E-state index contributed by atoms with van der Waals surface area (Å²) in [5.41, 5.74) is 0. The first-order valence-electron chi connectivity index (χ1n) is 3.36. The van der Waals surface area contributed by atoms with E-state index < -0.39 is 5.97 Å². The maximum Gasteiger partial charge on any atom is 0.343 e. The molecule has 0 aliphatic rings. The summed E-state index contributed by atoms with van der Waals surface area (Å²) in [6.07, 6.45) is 0. The van der Waals surface area contributed by atoms with Crippen LogP contribution in [0.2, 0.25) is 0 Å². The Bertz CT molecular complexity index is 244. The molecule has 1 rings (SSSR count). The van der Waals surface area contributed by atoms with Gasteiger partial charge in [-0.1, -0.05) is 18.2 Å². The second kappa shape index (κ2) is 4.35. The number of carbonyl (C=O) groups is 1. The largest absolute Gasteiger partial charge is 0.343 e. The van der Waals surface area contributed by atoms with Crippen molar-refractivity contribution in [1.82, 2.24) is 0 Å². The number of para-hydroxylation sites is 1. The Kier molecular flexibility index (Phi) is 3.10. The van der Waals surface area contributed by atoms with E-state index in [-0.39, 0.29) is 0 Å². The van der Waals surface area contributed by atoms with Gasteiger partial charge in [-0.25, -0.2) is 4.79 Å². The van der Waals surface area contributed by atoms with Crippen LogP contribution in [0.25, 0.3) is 0 Å². The fourth-order valence-corrected chi connectivity index (χ4v) is 0.580. The fraction of sp³-hybridized carbons (Fsp3) is 0.125. The highest BCUT2D eigenvalue weighted by Gasteiger charge is 1.95. The molecule has 0 atom stereocenters. The molecule has 0 fully saturated rings. The lowest BCUT2D eigenvalue weighted by Crippen LogP contribution is -2.03. The molecule has 0 heterocycles. The van der Waals surface area contributed by atoms with E-state index in [1.54, 1.807) is 24.3 Å². The molecule has 0 bridgehead atoms. The van der Waals surface area contributed by atoms with Gasteiger partial charge in [0.2, 0.25) is 0 Å². The van der Waals surface area contributed by atoms with Crippen LogP contribution in [0.15, 0.2) is 30.3 Å². The van der Waals surface area contributed by atoms with E-state index in [0.29, 0.717) is 5.75 Å².